The summed E-state index contributed by atoms with van der Waals surface area (Å²) in [5.41, 5.74) is 1.22. The molecule has 0 amide bonds. The number of methoxy groups -OCH3 is 1. The Morgan fingerprint density at radius 3 is 2.14 bits per heavy atom. The highest BCUT2D eigenvalue weighted by molar-refractivity contribution is 6.52. The van der Waals surface area contributed by atoms with Crippen molar-refractivity contribution in [2.24, 2.45) is 0 Å². The molecule has 0 atom stereocenters. The molecule has 0 radical (unpaired) electrons. The van der Waals surface area contributed by atoms with Crippen molar-refractivity contribution in [3.05, 3.63) is 61.5 Å². The van der Waals surface area contributed by atoms with Gasteiger partial charge in [-0.1, -0.05) is 76.7 Å². The molecule has 0 bridgehead atoms. The van der Waals surface area contributed by atoms with Crippen molar-refractivity contribution in [3.8, 4) is 5.75 Å². The van der Waals surface area contributed by atoms with Crippen molar-refractivity contribution in [2.75, 3.05) is 7.11 Å². The molecule has 2 rings (SSSR count). The van der Waals surface area contributed by atoms with Crippen LogP contribution in [-0.4, -0.2) is 12.9 Å². The zero-order valence-electron chi connectivity index (χ0n) is 11.6. The first kappa shape index (κ1) is 17.4. The Bertz CT molecular complexity index is 699. The second-order valence-electron chi connectivity index (χ2n) is 4.56. The predicted octanol–water partition coefficient (Wildman–Crippen LogP) is 6.12. The van der Waals surface area contributed by atoms with E-state index >= 15 is 0 Å². The van der Waals surface area contributed by atoms with Crippen molar-refractivity contribution in [1.29, 1.82) is 0 Å². The highest BCUT2D eigenvalue weighted by atomic mass is 35.5. The number of Topliss-reactive ketones (excluding diaryl/α,β-unsaturated/α-hetero) is 1. The van der Waals surface area contributed by atoms with Gasteiger partial charge in [0.15, 0.2) is 5.78 Å². The molecule has 0 fully saturated rings. The summed E-state index contributed by atoms with van der Waals surface area (Å²) in [5.74, 6) is 0.350. The molecule has 2 nitrogen and oxygen atoms in total. The fourth-order valence-corrected chi connectivity index (χ4v) is 3.15. The predicted molar refractivity (Wildman–Crippen MR) is 92.1 cm³/mol. The molecular weight excluding hydrogens is 366 g/mol. The van der Waals surface area contributed by atoms with E-state index in [1.165, 1.54) is 7.11 Å². The topological polar surface area (TPSA) is 26.3 Å². The first-order valence-corrected chi connectivity index (χ1v) is 7.95. The Kier molecular flexibility index (Phi) is 5.99. The monoisotopic (exact) mass is 376 g/mol. The van der Waals surface area contributed by atoms with Crippen LogP contribution in [0.15, 0.2) is 30.3 Å². The van der Waals surface area contributed by atoms with Crippen LogP contribution < -0.4 is 4.74 Å². The molecule has 116 valence electrons. The van der Waals surface area contributed by atoms with Gasteiger partial charge in [-0.3, -0.25) is 4.79 Å². The number of carbonyl (C=O) groups excluding carboxylic acids is 1. The molecule has 0 aliphatic heterocycles. The molecule has 0 spiro atoms. The number of rotatable bonds is 5. The Labute approximate surface area is 148 Å². The molecular formula is C16H12Cl4O2. The van der Waals surface area contributed by atoms with E-state index in [-0.39, 0.29) is 32.3 Å². The lowest BCUT2D eigenvalue weighted by molar-refractivity contribution is 0.0982. The lowest BCUT2D eigenvalue weighted by Gasteiger charge is -2.15. The molecule has 2 aromatic rings. The molecule has 0 aromatic heterocycles. The minimum Gasteiger partial charge on any atom is -0.495 e. The third kappa shape index (κ3) is 3.52. The molecule has 0 saturated carbocycles. The van der Waals surface area contributed by atoms with Gasteiger partial charge in [0.05, 0.1) is 22.2 Å². The zero-order valence-corrected chi connectivity index (χ0v) is 14.7. The largest absolute Gasteiger partial charge is 0.495 e. The fraction of sp³-hybridized carbons (Fsp3) is 0.188. The normalized spacial score (nSPS) is 10.6. The quantitative estimate of drug-likeness (QED) is 0.356. The SMILES string of the molecule is COc1c(Cl)c(Cl)c(Cl)c(Cl)c1CCC(=O)c1ccccc1. The number of ketones is 1. The molecule has 2 aromatic carbocycles. The van der Waals surface area contributed by atoms with E-state index < -0.39 is 0 Å². The van der Waals surface area contributed by atoms with Crippen molar-refractivity contribution in [2.45, 2.75) is 12.8 Å². The van der Waals surface area contributed by atoms with Crippen molar-refractivity contribution >= 4 is 52.2 Å². The summed E-state index contributed by atoms with van der Waals surface area (Å²) in [6.45, 7) is 0. The molecule has 0 N–H and O–H groups in total. The summed E-state index contributed by atoms with van der Waals surface area (Å²) in [6.07, 6.45) is 0.612. The average Bonchev–Trinajstić information content (AvgIpc) is 2.55. The van der Waals surface area contributed by atoms with Crippen LogP contribution in [0.1, 0.15) is 22.3 Å². The van der Waals surface area contributed by atoms with E-state index in [1.807, 2.05) is 18.2 Å². The second kappa shape index (κ2) is 7.56. The van der Waals surface area contributed by atoms with Gasteiger partial charge < -0.3 is 4.74 Å². The first-order valence-electron chi connectivity index (χ1n) is 6.44. The summed E-state index contributed by atoms with van der Waals surface area (Å²) in [5, 5.41) is 0.758. The van der Waals surface area contributed by atoms with Crippen LogP contribution in [0.25, 0.3) is 0 Å². The minimum atomic E-state index is 0.000847. The van der Waals surface area contributed by atoms with Gasteiger partial charge in [0.2, 0.25) is 0 Å². The summed E-state index contributed by atoms with van der Waals surface area (Å²) >= 11 is 24.4. The molecule has 0 unspecified atom stereocenters. The number of hydrogen-bond donors (Lipinski definition) is 0. The highest BCUT2D eigenvalue weighted by Gasteiger charge is 2.21. The Balaban J connectivity index is 2.28. The maximum atomic E-state index is 12.2. The maximum absolute atomic E-state index is 12.2. The van der Waals surface area contributed by atoms with E-state index in [0.29, 0.717) is 23.3 Å². The minimum absolute atomic E-state index is 0.000847. The van der Waals surface area contributed by atoms with Crippen LogP contribution >= 0.6 is 46.4 Å². The van der Waals surface area contributed by atoms with E-state index in [0.717, 1.165) is 0 Å². The molecule has 0 aliphatic rings. The Hall–Kier alpha value is -0.930. The van der Waals surface area contributed by atoms with Gasteiger partial charge in [-0.25, -0.2) is 0 Å². The van der Waals surface area contributed by atoms with Crippen molar-refractivity contribution in [3.63, 3.8) is 0 Å². The van der Waals surface area contributed by atoms with E-state index in [1.54, 1.807) is 12.1 Å². The third-order valence-corrected chi connectivity index (χ3v) is 5.04. The van der Waals surface area contributed by atoms with E-state index in [9.17, 15) is 4.79 Å². The number of hydrogen-bond acceptors (Lipinski definition) is 2. The van der Waals surface area contributed by atoms with Crippen LogP contribution in [0.5, 0.6) is 5.75 Å². The van der Waals surface area contributed by atoms with Crippen LogP contribution in [0.2, 0.25) is 20.1 Å². The van der Waals surface area contributed by atoms with Gasteiger partial charge in [0, 0.05) is 17.5 Å². The van der Waals surface area contributed by atoms with Crippen LogP contribution in [0.4, 0.5) is 0 Å². The summed E-state index contributed by atoms with van der Waals surface area (Å²) in [7, 11) is 1.46. The number of carbonyl (C=O) groups is 1. The van der Waals surface area contributed by atoms with E-state index in [4.69, 9.17) is 51.1 Å². The fourth-order valence-electron chi connectivity index (χ4n) is 2.10. The van der Waals surface area contributed by atoms with Gasteiger partial charge >= 0.3 is 0 Å². The molecule has 0 aliphatic carbocycles. The summed E-state index contributed by atoms with van der Waals surface area (Å²) in [4.78, 5) is 12.2. The molecule has 0 saturated heterocycles. The number of halogens is 4. The van der Waals surface area contributed by atoms with Crippen LogP contribution in [-0.2, 0) is 6.42 Å². The lowest BCUT2D eigenvalue weighted by atomic mass is 10.0. The molecule has 0 heterocycles. The van der Waals surface area contributed by atoms with E-state index in [2.05, 4.69) is 0 Å². The molecule has 22 heavy (non-hydrogen) atoms. The van der Waals surface area contributed by atoms with Gasteiger partial charge in [-0.15, -0.1) is 0 Å². The van der Waals surface area contributed by atoms with Crippen molar-refractivity contribution < 1.29 is 9.53 Å². The van der Waals surface area contributed by atoms with Gasteiger partial charge in [0.1, 0.15) is 10.8 Å². The summed E-state index contributed by atoms with van der Waals surface area (Å²) < 4.78 is 5.26. The van der Waals surface area contributed by atoms with Gasteiger partial charge in [-0.05, 0) is 6.42 Å². The molecule has 6 heteroatoms. The summed E-state index contributed by atoms with van der Waals surface area (Å²) in [6, 6.07) is 9.02. The maximum Gasteiger partial charge on any atom is 0.163 e. The van der Waals surface area contributed by atoms with Gasteiger partial charge in [0.25, 0.3) is 0 Å². The second-order valence-corrected chi connectivity index (χ2v) is 6.07. The Morgan fingerprint density at radius 1 is 0.955 bits per heavy atom. The standard InChI is InChI=1S/C16H12Cl4O2/c1-22-16-10(12(17)13(18)14(19)15(16)20)7-8-11(21)9-5-3-2-4-6-9/h2-6H,7-8H2,1H3. The lowest BCUT2D eigenvalue weighted by Crippen LogP contribution is -2.03. The average molecular weight is 378 g/mol. The number of benzene rings is 2. The Morgan fingerprint density at radius 2 is 1.55 bits per heavy atom. The highest BCUT2D eigenvalue weighted by Crippen LogP contribution is 2.46. The third-order valence-electron chi connectivity index (χ3n) is 3.22. The smallest absolute Gasteiger partial charge is 0.163 e. The van der Waals surface area contributed by atoms with Crippen molar-refractivity contribution in [1.82, 2.24) is 0 Å². The zero-order chi connectivity index (χ0) is 16.3. The first-order chi connectivity index (χ1) is 10.5. The number of ether oxygens (including phenoxy) is 1. The van der Waals surface area contributed by atoms with Crippen LogP contribution in [0, 0.1) is 0 Å². The van der Waals surface area contributed by atoms with Crippen LogP contribution in [0.3, 0.4) is 0 Å². The van der Waals surface area contributed by atoms with Gasteiger partial charge in [-0.2, -0.15) is 0 Å².